The lowest BCUT2D eigenvalue weighted by atomic mass is 9.93. The normalized spacial score (nSPS) is 16.7. The van der Waals surface area contributed by atoms with Crippen LogP contribution in [0.4, 0.5) is 10.1 Å². The molecule has 2 N–H and O–H groups in total. The smallest absolute Gasteiger partial charge is 0.308 e. The molecule has 1 aliphatic rings. The van der Waals surface area contributed by atoms with Gasteiger partial charge in [0.05, 0.1) is 10.9 Å². The van der Waals surface area contributed by atoms with Gasteiger partial charge in [-0.25, -0.2) is 4.39 Å². The fourth-order valence-electron chi connectivity index (χ4n) is 4.58. The molecule has 0 bridgehead atoms. The molecule has 2 unspecified atom stereocenters. The van der Waals surface area contributed by atoms with Crippen LogP contribution < -0.4 is 4.90 Å². The van der Waals surface area contributed by atoms with Crippen molar-refractivity contribution in [2.24, 2.45) is 11.3 Å². The Balaban J connectivity index is 1.88. The third-order valence-electron chi connectivity index (χ3n) is 6.46. The molecule has 0 saturated carbocycles. The van der Waals surface area contributed by atoms with E-state index in [4.69, 9.17) is 23.2 Å². The van der Waals surface area contributed by atoms with E-state index in [1.165, 1.54) is 34.1 Å². The number of hydrogen-bond acceptors (Lipinski definition) is 4. The summed E-state index contributed by atoms with van der Waals surface area (Å²) in [5.74, 6) is -2.84. The highest BCUT2D eigenvalue weighted by molar-refractivity contribution is 6.31. The van der Waals surface area contributed by atoms with Crippen LogP contribution in [-0.2, 0) is 14.4 Å². The maximum Gasteiger partial charge on any atom is 0.308 e. The molecule has 0 aromatic heterocycles. The largest absolute Gasteiger partial charge is 0.481 e. The molecule has 38 heavy (non-hydrogen) atoms. The Kier molecular flexibility index (Phi) is 9.79. The summed E-state index contributed by atoms with van der Waals surface area (Å²) in [6.45, 7) is 6.72. The number of halogens is 3. The van der Waals surface area contributed by atoms with Gasteiger partial charge in [0.2, 0.25) is 11.8 Å². The highest BCUT2D eigenvalue weighted by Gasteiger charge is 2.31. The Hall–Kier alpha value is -2.68. The number of carboxylic acids is 1. The zero-order chi connectivity index (χ0) is 28.2. The summed E-state index contributed by atoms with van der Waals surface area (Å²) in [4.78, 5) is 40.8. The van der Waals surface area contributed by atoms with E-state index in [1.807, 2.05) is 20.8 Å². The van der Waals surface area contributed by atoms with Gasteiger partial charge in [0.15, 0.2) is 0 Å². The number of rotatable bonds is 8. The van der Waals surface area contributed by atoms with E-state index >= 15 is 0 Å². The standard InChI is InChI=1S/C28H33Cl2FN2O5/c1-28(2,3)16-33(24(35)12-11-23(34)32-13-5-6-17(15-32)27(37)38)22-10-9-18(29)14-20(22)26(36)19-7-4-8-21(31)25(19)30/h4,7-10,14,17,26,36H,5-6,11-13,15-16H2,1-3H3,(H,37,38). The lowest BCUT2D eigenvalue weighted by molar-refractivity contribution is -0.146. The summed E-state index contributed by atoms with van der Waals surface area (Å²) in [5, 5.41) is 20.6. The van der Waals surface area contributed by atoms with Crippen LogP contribution in [0.1, 0.15) is 63.7 Å². The van der Waals surface area contributed by atoms with Gasteiger partial charge in [-0.05, 0) is 42.5 Å². The van der Waals surface area contributed by atoms with Gasteiger partial charge in [0.1, 0.15) is 11.9 Å². The molecular weight excluding hydrogens is 534 g/mol. The molecule has 206 valence electrons. The van der Waals surface area contributed by atoms with Crippen LogP contribution in [-0.4, -0.2) is 52.5 Å². The quantitative estimate of drug-likeness (QED) is 0.427. The minimum atomic E-state index is -1.37. The van der Waals surface area contributed by atoms with Gasteiger partial charge in [-0.3, -0.25) is 14.4 Å². The SMILES string of the molecule is CC(C)(C)CN(C(=O)CCC(=O)N1CCCC(C(=O)O)C1)c1ccc(Cl)cc1C(O)c1cccc(F)c1Cl. The van der Waals surface area contributed by atoms with E-state index in [9.17, 15) is 29.0 Å². The number of nitrogens with zero attached hydrogens (tertiary/aromatic N) is 2. The van der Waals surface area contributed by atoms with E-state index in [0.717, 1.165) is 0 Å². The Labute approximate surface area is 232 Å². The van der Waals surface area contributed by atoms with Crippen molar-refractivity contribution in [3.63, 3.8) is 0 Å². The number of benzene rings is 2. The topological polar surface area (TPSA) is 98.2 Å². The molecule has 0 aliphatic carbocycles. The van der Waals surface area contributed by atoms with Gasteiger partial charge >= 0.3 is 5.97 Å². The predicted molar refractivity (Wildman–Crippen MR) is 145 cm³/mol. The minimum Gasteiger partial charge on any atom is -0.481 e. The first-order chi connectivity index (χ1) is 17.8. The lowest BCUT2D eigenvalue weighted by Gasteiger charge is -2.33. The van der Waals surface area contributed by atoms with E-state index in [1.54, 1.807) is 12.1 Å². The number of carbonyl (C=O) groups is 3. The summed E-state index contributed by atoms with van der Waals surface area (Å²) < 4.78 is 14.1. The zero-order valence-corrected chi connectivity index (χ0v) is 23.2. The number of carboxylic acid groups (broad SMARTS) is 1. The van der Waals surface area contributed by atoms with Crippen LogP contribution >= 0.6 is 23.2 Å². The van der Waals surface area contributed by atoms with E-state index in [0.29, 0.717) is 30.1 Å². The molecule has 1 heterocycles. The van der Waals surface area contributed by atoms with Gasteiger partial charge in [0.25, 0.3) is 0 Å². The second-order valence-electron chi connectivity index (χ2n) is 10.8. The molecular formula is C28H33Cl2FN2O5. The molecule has 3 rings (SSSR count). The van der Waals surface area contributed by atoms with Crippen molar-refractivity contribution in [1.82, 2.24) is 4.90 Å². The molecule has 7 nitrogen and oxygen atoms in total. The molecule has 1 saturated heterocycles. The number of aliphatic carboxylic acids is 1. The van der Waals surface area contributed by atoms with Crippen molar-refractivity contribution >= 4 is 46.7 Å². The molecule has 10 heteroatoms. The molecule has 1 aliphatic heterocycles. The number of likely N-dealkylation sites (tertiary alicyclic amines) is 1. The monoisotopic (exact) mass is 566 g/mol. The van der Waals surface area contributed by atoms with Crippen molar-refractivity contribution in [2.75, 3.05) is 24.5 Å². The summed E-state index contributed by atoms with van der Waals surface area (Å²) in [6.07, 6.45) is -0.435. The van der Waals surface area contributed by atoms with Crippen molar-refractivity contribution in [3.05, 3.63) is 63.4 Å². The second-order valence-corrected chi connectivity index (χ2v) is 11.6. The molecule has 2 aromatic rings. The number of amides is 2. The average molecular weight is 567 g/mol. The van der Waals surface area contributed by atoms with Gasteiger partial charge in [-0.15, -0.1) is 0 Å². The lowest BCUT2D eigenvalue weighted by Crippen LogP contribution is -2.43. The number of aliphatic hydroxyl groups excluding tert-OH is 1. The van der Waals surface area contributed by atoms with Crippen LogP contribution in [0.15, 0.2) is 36.4 Å². The number of piperidine rings is 1. The van der Waals surface area contributed by atoms with Crippen LogP contribution in [0.5, 0.6) is 0 Å². The Bertz CT molecular complexity index is 1200. The first-order valence-corrected chi connectivity index (χ1v) is 13.3. The summed E-state index contributed by atoms with van der Waals surface area (Å²) in [7, 11) is 0. The van der Waals surface area contributed by atoms with Crippen LogP contribution in [0.2, 0.25) is 10.0 Å². The number of carbonyl (C=O) groups excluding carboxylic acids is 2. The molecule has 2 aromatic carbocycles. The van der Waals surface area contributed by atoms with Gasteiger partial charge in [0, 0.05) is 54.3 Å². The van der Waals surface area contributed by atoms with E-state index < -0.39 is 23.8 Å². The van der Waals surface area contributed by atoms with Gasteiger partial charge in [-0.1, -0.05) is 56.1 Å². The highest BCUT2D eigenvalue weighted by Crippen LogP contribution is 2.38. The first kappa shape index (κ1) is 29.9. The highest BCUT2D eigenvalue weighted by atomic mass is 35.5. The van der Waals surface area contributed by atoms with Crippen molar-refractivity contribution in [1.29, 1.82) is 0 Å². The van der Waals surface area contributed by atoms with Crippen LogP contribution in [0, 0.1) is 17.2 Å². The van der Waals surface area contributed by atoms with Crippen molar-refractivity contribution in [3.8, 4) is 0 Å². The predicted octanol–water partition coefficient (Wildman–Crippen LogP) is 5.70. The number of aliphatic hydroxyl groups is 1. The molecule has 2 atom stereocenters. The number of anilines is 1. The fraction of sp³-hybridized carbons (Fsp3) is 0.464. The summed E-state index contributed by atoms with van der Waals surface area (Å²) in [6, 6.07) is 8.83. The minimum absolute atomic E-state index is 0.0764. The first-order valence-electron chi connectivity index (χ1n) is 12.5. The molecule has 2 amide bonds. The van der Waals surface area contributed by atoms with E-state index in [2.05, 4.69) is 0 Å². The third-order valence-corrected chi connectivity index (χ3v) is 7.09. The Morgan fingerprint density at radius 2 is 1.84 bits per heavy atom. The fourth-order valence-corrected chi connectivity index (χ4v) is 4.99. The third kappa shape index (κ3) is 7.46. The molecule has 0 radical (unpaired) electrons. The van der Waals surface area contributed by atoms with Gasteiger partial charge in [-0.2, -0.15) is 0 Å². The van der Waals surface area contributed by atoms with Crippen molar-refractivity contribution in [2.45, 2.75) is 52.6 Å². The summed E-state index contributed by atoms with van der Waals surface area (Å²) in [5.41, 5.74) is 0.430. The van der Waals surface area contributed by atoms with E-state index in [-0.39, 0.29) is 59.3 Å². The Morgan fingerprint density at radius 1 is 1.13 bits per heavy atom. The molecule has 0 spiro atoms. The Morgan fingerprint density at radius 3 is 2.50 bits per heavy atom. The van der Waals surface area contributed by atoms with Crippen LogP contribution in [0.3, 0.4) is 0 Å². The maximum atomic E-state index is 14.1. The van der Waals surface area contributed by atoms with Gasteiger partial charge < -0.3 is 20.0 Å². The maximum absolute atomic E-state index is 14.1. The average Bonchev–Trinajstić information content (AvgIpc) is 2.86. The van der Waals surface area contributed by atoms with Crippen molar-refractivity contribution < 1.29 is 29.0 Å². The van der Waals surface area contributed by atoms with Crippen LogP contribution in [0.25, 0.3) is 0 Å². The zero-order valence-electron chi connectivity index (χ0n) is 21.7. The number of hydrogen-bond donors (Lipinski definition) is 2. The summed E-state index contributed by atoms with van der Waals surface area (Å²) >= 11 is 12.4. The second kappa shape index (κ2) is 12.5. The molecule has 1 fully saturated rings.